The SMILES string of the molecule is O=C(CCC1CCCCC1)Nc1cc(-c2ccco2)nn1C1NC(=O)CC(c2ccccc2)N1. The zero-order valence-corrected chi connectivity index (χ0v) is 19.2. The number of amides is 2. The molecule has 1 aliphatic carbocycles. The maximum Gasteiger partial charge on any atom is 0.225 e. The summed E-state index contributed by atoms with van der Waals surface area (Å²) < 4.78 is 7.15. The zero-order chi connectivity index (χ0) is 23.3. The molecule has 1 aromatic carbocycles. The van der Waals surface area contributed by atoms with Crippen molar-refractivity contribution in [2.45, 2.75) is 63.7 Å². The van der Waals surface area contributed by atoms with Crippen LogP contribution in [-0.4, -0.2) is 21.6 Å². The van der Waals surface area contributed by atoms with Crippen LogP contribution in [0.5, 0.6) is 0 Å². The molecule has 2 unspecified atom stereocenters. The molecule has 1 aliphatic heterocycles. The van der Waals surface area contributed by atoms with Gasteiger partial charge in [-0.15, -0.1) is 0 Å². The van der Waals surface area contributed by atoms with Crippen LogP contribution in [0.1, 0.15) is 69.3 Å². The topological polar surface area (TPSA) is 101 Å². The Balaban J connectivity index is 1.36. The van der Waals surface area contributed by atoms with Crippen LogP contribution in [0.15, 0.2) is 59.2 Å². The fraction of sp³-hybridized carbons (Fsp3) is 0.423. The molecule has 2 amide bonds. The molecule has 0 spiro atoms. The fourth-order valence-electron chi connectivity index (χ4n) is 4.96. The third kappa shape index (κ3) is 5.22. The molecule has 0 radical (unpaired) electrons. The minimum absolute atomic E-state index is 0.0422. The molecule has 3 N–H and O–H groups in total. The first-order valence-electron chi connectivity index (χ1n) is 12.2. The minimum atomic E-state index is -0.608. The highest BCUT2D eigenvalue weighted by molar-refractivity contribution is 5.90. The predicted octanol–water partition coefficient (Wildman–Crippen LogP) is 4.75. The molecule has 5 rings (SSSR count). The standard InChI is InChI=1S/C26H31N5O3/c32-24(14-13-18-8-3-1-4-9-18)28-23-16-21(22-12-7-15-34-22)30-31(23)26-27-20(17-25(33)29-26)19-10-5-2-6-11-19/h2,5-7,10-12,15-16,18,20,26-27H,1,3-4,8-9,13-14,17H2,(H,28,32)(H,29,33). The molecule has 34 heavy (non-hydrogen) atoms. The Kier molecular flexibility index (Phi) is 6.76. The summed E-state index contributed by atoms with van der Waals surface area (Å²) in [5, 5.41) is 14.1. The zero-order valence-electron chi connectivity index (χ0n) is 19.2. The van der Waals surface area contributed by atoms with Gasteiger partial charge in [0.25, 0.3) is 0 Å². The summed E-state index contributed by atoms with van der Waals surface area (Å²) in [5.74, 6) is 1.63. The molecule has 8 heteroatoms. The first kappa shape index (κ1) is 22.4. The van der Waals surface area contributed by atoms with Crippen molar-refractivity contribution in [3.05, 3.63) is 60.4 Å². The lowest BCUT2D eigenvalue weighted by atomic mass is 9.86. The molecule has 178 valence electrons. The second-order valence-corrected chi connectivity index (χ2v) is 9.23. The van der Waals surface area contributed by atoms with E-state index in [4.69, 9.17) is 4.42 Å². The average molecular weight is 462 g/mol. The Morgan fingerprint density at radius 3 is 2.71 bits per heavy atom. The van der Waals surface area contributed by atoms with E-state index < -0.39 is 6.29 Å². The molecule has 3 aromatic rings. The number of furan rings is 1. The lowest BCUT2D eigenvalue weighted by Crippen LogP contribution is -2.50. The van der Waals surface area contributed by atoms with E-state index in [9.17, 15) is 9.59 Å². The van der Waals surface area contributed by atoms with Gasteiger partial charge < -0.3 is 15.1 Å². The molecule has 2 aliphatic rings. The largest absolute Gasteiger partial charge is 0.463 e. The highest BCUT2D eigenvalue weighted by Crippen LogP contribution is 2.30. The Labute approximate surface area is 199 Å². The van der Waals surface area contributed by atoms with E-state index in [1.807, 2.05) is 36.4 Å². The second-order valence-electron chi connectivity index (χ2n) is 9.23. The number of hydrogen-bond acceptors (Lipinski definition) is 5. The van der Waals surface area contributed by atoms with E-state index >= 15 is 0 Å². The highest BCUT2D eigenvalue weighted by atomic mass is 16.3. The summed E-state index contributed by atoms with van der Waals surface area (Å²) >= 11 is 0. The summed E-state index contributed by atoms with van der Waals surface area (Å²) in [6.07, 6.45) is 8.95. The van der Waals surface area contributed by atoms with Gasteiger partial charge in [-0.05, 0) is 30.0 Å². The molecular formula is C26H31N5O3. The van der Waals surface area contributed by atoms with Crippen LogP contribution < -0.4 is 16.0 Å². The van der Waals surface area contributed by atoms with E-state index in [1.165, 1.54) is 32.1 Å². The van der Waals surface area contributed by atoms with Gasteiger partial charge in [0.15, 0.2) is 12.0 Å². The summed E-state index contributed by atoms with van der Waals surface area (Å²) in [4.78, 5) is 25.4. The molecule has 0 bridgehead atoms. The smallest absolute Gasteiger partial charge is 0.225 e. The van der Waals surface area contributed by atoms with E-state index in [2.05, 4.69) is 21.0 Å². The van der Waals surface area contributed by atoms with Gasteiger partial charge in [0.2, 0.25) is 11.8 Å². The molecule has 1 saturated heterocycles. The second kappa shape index (κ2) is 10.3. The van der Waals surface area contributed by atoms with Crippen molar-refractivity contribution < 1.29 is 14.0 Å². The monoisotopic (exact) mass is 461 g/mol. The van der Waals surface area contributed by atoms with Crippen LogP contribution in [0.25, 0.3) is 11.5 Å². The summed E-state index contributed by atoms with van der Waals surface area (Å²) in [6.45, 7) is 0. The van der Waals surface area contributed by atoms with Gasteiger partial charge >= 0.3 is 0 Å². The summed E-state index contributed by atoms with van der Waals surface area (Å²) in [7, 11) is 0. The van der Waals surface area contributed by atoms with Gasteiger partial charge in [-0.1, -0.05) is 62.4 Å². The van der Waals surface area contributed by atoms with Crippen molar-refractivity contribution in [2.24, 2.45) is 5.92 Å². The van der Waals surface area contributed by atoms with Crippen LogP contribution in [-0.2, 0) is 9.59 Å². The predicted molar refractivity (Wildman–Crippen MR) is 128 cm³/mol. The number of nitrogens with zero attached hydrogens (tertiary/aromatic N) is 2. The Hall–Kier alpha value is -3.39. The quantitative estimate of drug-likeness (QED) is 0.471. The van der Waals surface area contributed by atoms with Gasteiger partial charge in [-0.25, -0.2) is 4.68 Å². The van der Waals surface area contributed by atoms with Gasteiger partial charge in [-0.2, -0.15) is 5.10 Å². The van der Waals surface area contributed by atoms with Crippen molar-refractivity contribution in [3.8, 4) is 11.5 Å². The lowest BCUT2D eigenvalue weighted by molar-refractivity contribution is -0.125. The minimum Gasteiger partial charge on any atom is -0.463 e. The average Bonchev–Trinajstić information content (AvgIpc) is 3.54. The maximum absolute atomic E-state index is 12.9. The first-order valence-corrected chi connectivity index (χ1v) is 12.2. The van der Waals surface area contributed by atoms with Crippen molar-refractivity contribution in [1.82, 2.24) is 20.4 Å². The van der Waals surface area contributed by atoms with Crippen molar-refractivity contribution in [3.63, 3.8) is 0 Å². The van der Waals surface area contributed by atoms with E-state index in [1.54, 1.807) is 23.1 Å². The lowest BCUT2D eigenvalue weighted by Gasteiger charge is -2.32. The first-order chi connectivity index (χ1) is 16.7. The molecule has 8 nitrogen and oxygen atoms in total. The molecular weight excluding hydrogens is 430 g/mol. The Morgan fingerprint density at radius 2 is 1.94 bits per heavy atom. The fourth-order valence-corrected chi connectivity index (χ4v) is 4.96. The molecule has 2 fully saturated rings. The number of rotatable bonds is 7. The van der Waals surface area contributed by atoms with Crippen LogP contribution in [0.2, 0.25) is 0 Å². The van der Waals surface area contributed by atoms with Crippen LogP contribution in [0.3, 0.4) is 0 Å². The summed E-state index contributed by atoms with van der Waals surface area (Å²) in [6, 6.07) is 15.1. The Morgan fingerprint density at radius 1 is 1.12 bits per heavy atom. The number of anilines is 1. The van der Waals surface area contributed by atoms with Crippen LogP contribution in [0, 0.1) is 5.92 Å². The number of hydrogen-bond donors (Lipinski definition) is 3. The summed E-state index contributed by atoms with van der Waals surface area (Å²) in [5.41, 5.74) is 1.62. The van der Waals surface area contributed by atoms with Gasteiger partial charge in [0.05, 0.1) is 6.26 Å². The highest BCUT2D eigenvalue weighted by Gasteiger charge is 2.30. The maximum atomic E-state index is 12.9. The third-order valence-corrected chi connectivity index (χ3v) is 6.77. The molecule has 1 saturated carbocycles. The van der Waals surface area contributed by atoms with Gasteiger partial charge in [-0.3, -0.25) is 14.9 Å². The molecule has 3 heterocycles. The number of carbonyl (C=O) groups is 2. The molecule has 2 aromatic heterocycles. The third-order valence-electron chi connectivity index (χ3n) is 6.77. The Bertz CT molecular complexity index is 1100. The van der Waals surface area contributed by atoms with Crippen molar-refractivity contribution >= 4 is 17.6 Å². The number of nitrogens with one attached hydrogen (secondary N) is 3. The van der Waals surface area contributed by atoms with E-state index in [0.29, 0.717) is 36.0 Å². The van der Waals surface area contributed by atoms with Gasteiger partial charge in [0, 0.05) is 24.9 Å². The number of aromatic nitrogens is 2. The van der Waals surface area contributed by atoms with E-state index in [-0.39, 0.29) is 17.9 Å². The van der Waals surface area contributed by atoms with Gasteiger partial charge in [0.1, 0.15) is 11.5 Å². The number of carbonyl (C=O) groups excluding carboxylic acids is 2. The molecule has 2 atom stereocenters. The number of benzene rings is 1. The normalized spacial score (nSPS) is 21.2. The van der Waals surface area contributed by atoms with Crippen molar-refractivity contribution in [2.75, 3.05) is 5.32 Å². The van der Waals surface area contributed by atoms with Crippen molar-refractivity contribution in [1.29, 1.82) is 0 Å². The van der Waals surface area contributed by atoms with E-state index in [0.717, 1.165) is 12.0 Å². The van der Waals surface area contributed by atoms with Crippen LogP contribution in [0.4, 0.5) is 5.82 Å². The van der Waals surface area contributed by atoms with Crippen LogP contribution >= 0.6 is 0 Å².